The quantitative estimate of drug-likeness (QED) is 0.319. The molecule has 1 aromatic heterocycles. The fourth-order valence-corrected chi connectivity index (χ4v) is 3.01. The average Bonchev–Trinajstić information content (AvgIpc) is 2.78. The van der Waals surface area contributed by atoms with Crippen molar-refractivity contribution in [2.24, 2.45) is 10.7 Å². The number of hydrogen-bond donors (Lipinski definition) is 4. The molecule has 0 amide bonds. The Labute approximate surface area is 183 Å². The van der Waals surface area contributed by atoms with Crippen molar-refractivity contribution in [2.75, 3.05) is 40.2 Å². The Morgan fingerprint density at radius 3 is 2.66 bits per heavy atom. The van der Waals surface area contributed by atoms with E-state index in [9.17, 15) is 18.7 Å². The van der Waals surface area contributed by atoms with Crippen LogP contribution in [0.5, 0.6) is 5.75 Å². The van der Waals surface area contributed by atoms with Crippen LogP contribution in [0.15, 0.2) is 41.3 Å². The van der Waals surface area contributed by atoms with Gasteiger partial charge in [-0.25, -0.2) is 18.6 Å². The van der Waals surface area contributed by atoms with Gasteiger partial charge in [-0.1, -0.05) is 0 Å². The molecule has 0 aliphatic heterocycles. The number of halogens is 2. The predicted octanol–water partition coefficient (Wildman–Crippen LogP) is 2.15. The van der Waals surface area contributed by atoms with Gasteiger partial charge < -0.3 is 31.4 Å². The van der Waals surface area contributed by atoms with E-state index < -0.39 is 24.6 Å². The van der Waals surface area contributed by atoms with E-state index in [4.69, 9.17) is 20.9 Å². The summed E-state index contributed by atoms with van der Waals surface area (Å²) in [6, 6.07) is 4.37. The third kappa shape index (κ3) is 5.49. The number of aromatic nitrogens is 1. The lowest BCUT2D eigenvalue weighted by atomic mass is 10.0. The van der Waals surface area contributed by atoms with Crippen molar-refractivity contribution in [3.63, 3.8) is 0 Å². The largest absolute Gasteiger partial charge is 0.482 e. The molecule has 2 aromatic rings. The molecular weight excluding hydrogens is 424 g/mol. The van der Waals surface area contributed by atoms with Crippen LogP contribution in [0.25, 0.3) is 5.57 Å². The summed E-state index contributed by atoms with van der Waals surface area (Å²) in [5.41, 5.74) is 12.8. The smallest absolute Gasteiger partial charge is 0.336 e. The molecule has 1 aromatic carbocycles. The summed E-state index contributed by atoms with van der Waals surface area (Å²) in [6.07, 6.45) is -0.0282. The SMILES string of the molecule is CN=C(CNC)C(=C(N)OC)c1cnc(N)c(OC(CF)c2cc(F)ccc2C(=O)O)c1. The van der Waals surface area contributed by atoms with Gasteiger partial charge in [0.2, 0.25) is 0 Å². The van der Waals surface area contributed by atoms with E-state index in [0.717, 1.165) is 18.2 Å². The number of nitrogens with one attached hydrogen (secondary N) is 1. The molecule has 9 nitrogen and oxygen atoms in total. The summed E-state index contributed by atoms with van der Waals surface area (Å²) < 4.78 is 38.5. The highest BCUT2D eigenvalue weighted by Crippen LogP contribution is 2.32. The number of carboxylic acids is 1. The number of carboxylic acid groups (broad SMARTS) is 1. The monoisotopic (exact) mass is 449 g/mol. The van der Waals surface area contributed by atoms with E-state index >= 15 is 0 Å². The predicted molar refractivity (Wildman–Crippen MR) is 117 cm³/mol. The molecule has 11 heteroatoms. The van der Waals surface area contributed by atoms with Crippen LogP contribution in [-0.4, -0.2) is 56.2 Å². The van der Waals surface area contributed by atoms with E-state index in [1.807, 2.05) is 0 Å². The first-order valence-corrected chi connectivity index (χ1v) is 9.42. The highest BCUT2D eigenvalue weighted by Gasteiger charge is 2.24. The highest BCUT2D eigenvalue weighted by molar-refractivity contribution is 6.25. The maximum absolute atomic E-state index is 13.9. The molecule has 172 valence electrons. The molecule has 0 aliphatic carbocycles. The van der Waals surface area contributed by atoms with Crippen LogP contribution in [0.3, 0.4) is 0 Å². The second-order valence-electron chi connectivity index (χ2n) is 6.55. The standard InChI is InChI=1S/C21H25F2N5O4/c1-26-10-15(27-2)18(20(25)31-3)11-6-16(19(24)28-9-11)32-17(8-22)14-7-12(23)4-5-13(14)21(29)30/h4-7,9,17,26H,8,10,25H2,1-3H3,(H2,24,28)(H,29,30). The molecule has 1 unspecified atom stereocenters. The molecule has 1 atom stereocenters. The molecule has 32 heavy (non-hydrogen) atoms. The van der Waals surface area contributed by atoms with Gasteiger partial charge in [0.1, 0.15) is 12.5 Å². The van der Waals surface area contributed by atoms with E-state index in [1.54, 1.807) is 14.1 Å². The second kappa shape index (κ2) is 11.0. The van der Waals surface area contributed by atoms with Crippen LogP contribution in [-0.2, 0) is 4.74 Å². The number of ether oxygens (including phenoxy) is 2. The minimum absolute atomic E-state index is 0.0490. The topological polar surface area (TPSA) is 145 Å². The molecule has 0 spiro atoms. The molecule has 0 bridgehead atoms. The first-order valence-electron chi connectivity index (χ1n) is 9.42. The van der Waals surface area contributed by atoms with Gasteiger partial charge in [-0.2, -0.15) is 0 Å². The molecule has 0 saturated carbocycles. The zero-order chi connectivity index (χ0) is 23.8. The molecule has 0 aliphatic rings. The first kappa shape index (κ1) is 24.5. The summed E-state index contributed by atoms with van der Waals surface area (Å²) in [7, 11) is 4.70. The number of rotatable bonds is 10. The van der Waals surface area contributed by atoms with Gasteiger partial charge in [-0.3, -0.25) is 4.99 Å². The van der Waals surface area contributed by atoms with Crippen LogP contribution in [0, 0.1) is 5.82 Å². The molecule has 0 fully saturated rings. The van der Waals surface area contributed by atoms with Crippen molar-refractivity contribution in [3.8, 4) is 5.75 Å². The van der Waals surface area contributed by atoms with Gasteiger partial charge in [-0.15, -0.1) is 0 Å². The number of hydrogen-bond acceptors (Lipinski definition) is 8. The second-order valence-corrected chi connectivity index (χ2v) is 6.55. The minimum Gasteiger partial charge on any atom is -0.482 e. The summed E-state index contributed by atoms with van der Waals surface area (Å²) in [6.45, 7) is -0.785. The molecule has 1 heterocycles. The highest BCUT2D eigenvalue weighted by atomic mass is 19.1. The number of benzene rings is 1. The van der Waals surface area contributed by atoms with Crippen molar-refractivity contribution in [1.29, 1.82) is 0 Å². The summed E-state index contributed by atoms with van der Waals surface area (Å²) in [5, 5.41) is 12.3. The summed E-state index contributed by atoms with van der Waals surface area (Å²) in [4.78, 5) is 19.8. The van der Waals surface area contributed by atoms with Crippen molar-refractivity contribution in [3.05, 3.63) is 58.9 Å². The molecule has 6 N–H and O–H groups in total. The van der Waals surface area contributed by atoms with Crippen LogP contribution in [0.1, 0.15) is 27.6 Å². The van der Waals surface area contributed by atoms with Crippen molar-refractivity contribution in [1.82, 2.24) is 10.3 Å². The number of anilines is 1. The number of aromatic carboxylic acids is 1. The fraction of sp³-hybridized carbons (Fsp3) is 0.286. The van der Waals surface area contributed by atoms with Crippen LogP contribution < -0.4 is 21.5 Å². The Bertz CT molecular complexity index is 1040. The lowest BCUT2D eigenvalue weighted by Gasteiger charge is -2.20. The zero-order valence-corrected chi connectivity index (χ0v) is 17.9. The molecule has 2 rings (SSSR count). The Morgan fingerprint density at radius 1 is 1.38 bits per heavy atom. The van der Waals surface area contributed by atoms with Gasteiger partial charge in [0, 0.05) is 30.9 Å². The summed E-state index contributed by atoms with van der Waals surface area (Å²) in [5.74, 6) is -2.16. The minimum atomic E-state index is -1.44. The fourth-order valence-electron chi connectivity index (χ4n) is 3.01. The number of pyridine rings is 1. The van der Waals surface area contributed by atoms with Crippen LogP contribution >= 0.6 is 0 Å². The van der Waals surface area contributed by atoms with Crippen molar-refractivity contribution >= 4 is 23.1 Å². The third-order valence-electron chi connectivity index (χ3n) is 4.54. The average molecular weight is 449 g/mol. The number of carbonyl (C=O) groups is 1. The summed E-state index contributed by atoms with van der Waals surface area (Å²) >= 11 is 0. The van der Waals surface area contributed by atoms with Gasteiger partial charge in [-0.05, 0) is 31.3 Å². The van der Waals surface area contributed by atoms with Gasteiger partial charge in [0.15, 0.2) is 23.6 Å². The van der Waals surface area contributed by atoms with E-state index in [1.165, 1.54) is 19.4 Å². The lowest BCUT2D eigenvalue weighted by molar-refractivity contribution is 0.0689. The molecule has 0 saturated heterocycles. The number of nitrogens with two attached hydrogens (primary N) is 2. The Morgan fingerprint density at radius 2 is 2.09 bits per heavy atom. The first-order chi connectivity index (χ1) is 15.3. The Hall–Kier alpha value is -3.73. The maximum Gasteiger partial charge on any atom is 0.336 e. The van der Waals surface area contributed by atoms with E-state index in [-0.39, 0.29) is 28.6 Å². The van der Waals surface area contributed by atoms with Crippen molar-refractivity contribution in [2.45, 2.75) is 6.10 Å². The number of nitrogens with zero attached hydrogens (tertiary/aromatic N) is 2. The third-order valence-corrected chi connectivity index (χ3v) is 4.54. The Kier molecular flexibility index (Phi) is 8.47. The van der Waals surface area contributed by atoms with E-state index in [0.29, 0.717) is 23.4 Å². The van der Waals surface area contributed by atoms with Gasteiger partial charge in [0.25, 0.3) is 0 Å². The number of methoxy groups -OCH3 is 1. The molecular formula is C21H25F2N5O4. The van der Waals surface area contributed by atoms with Crippen LogP contribution in [0.4, 0.5) is 14.6 Å². The van der Waals surface area contributed by atoms with Crippen molar-refractivity contribution < 1.29 is 28.2 Å². The normalized spacial score (nSPS) is 13.3. The number of nitrogen functional groups attached to an aromatic ring is 1. The van der Waals surface area contributed by atoms with E-state index in [2.05, 4.69) is 15.3 Å². The zero-order valence-electron chi connectivity index (χ0n) is 17.9. The van der Waals surface area contributed by atoms with Crippen LogP contribution in [0.2, 0.25) is 0 Å². The van der Waals surface area contributed by atoms with Gasteiger partial charge >= 0.3 is 5.97 Å². The number of alkyl halides is 1. The van der Waals surface area contributed by atoms with Gasteiger partial charge in [0.05, 0.1) is 24.0 Å². The Balaban J connectivity index is 2.55. The molecule has 0 radical (unpaired) electrons. The maximum atomic E-state index is 13.9. The lowest BCUT2D eigenvalue weighted by Crippen LogP contribution is -2.23. The number of aliphatic imine (C=N–C) groups is 1.